The Labute approximate surface area is 363 Å². The molecule has 2 aliphatic rings. The Morgan fingerprint density at radius 3 is 1.63 bits per heavy atom. The first-order chi connectivity index (χ1) is 30.3. The first-order valence-electron chi connectivity index (χ1n) is 21.8. The number of hydrogen-bond donors (Lipinski definition) is 0. The molecule has 0 amide bonds. The van der Waals surface area contributed by atoms with Crippen LogP contribution in [0.15, 0.2) is 206 Å². The highest BCUT2D eigenvalue weighted by Gasteiger charge is 2.49. The van der Waals surface area contributed by atoms with Crippen LogP contribution in [-0.4, -0.2) is 4.57 Å². The van der Waals surface area contributed by atoms with Crippen molar-refractivity contribution in [2.75, 3.05) is 4.90 Å². The maximum Gasteiger partial charge on any atom is 0.0547 e. The quantitative estimate of drug-likeness (QED) is 0.163. The van der Waals surface area contributed by atoms with Gasteiger partial charge in [-0.05, 0) is 133 Å². The second-order valence-electron chi connectivity index (χ2n) is 18.2. The van der Waals surface area contributed by atoms with E-state index in [1.807, 2.05) is 0 Å². The number of anilines is 3. The molecule has 0 aliphatic heterocycles. The Hall–Kier alpha value is -7.42. The molecule has 1 aromatic heterocycles. The number of rotatable bonds is 6. The number of para-hydroxylation sites is 1. The maximum atomic E-state index is 2.46. The van der Waals surface area contributed by atoms with Crippen LogP contribution in [0.1, 0.15) is 49.9 Å². The third kappa shape index (κ3) is 5.36. The van der Waals surface area contributed by atoms with E-state index >= 15 is 0 Å². The number of fused-ring (bicyclic) bond motifs is 9. The van der Waals surface area contributed by atoms with Crippen molar-refractivity contribution >= 4 is 60.8 Å². The van der Waals surface area contributed by atoms with Crippen LogP contribution in [0.4, 0.5) is 17.1 Å². The Balaban J connectivity index is 0.990. The number of benzene rings is 9. The molecular formula is C60H46N2. The third-order valence-corrected chi connectivity index (χ3v) is 13.9. The molecule has 0 bridgehead atoms. The van der Waals surface area contributed by atoms with E-state index in [-0.39, 0.29) is 10.8 Å². The molecule has 0 fully saturated rings. The summed E-state index contributed by atoms with van der Waals surface area (Å²) in [6.45, 7) is 9.62. The van der Waals surface area contributed by atoms with Gasteiger partial charge in [0.15, 0.2) is 0 Å². The van der Waals surface area contributed by atoms with Crippen LogP contribution in [-0.2, 0) is 10.8 Å². The molecule has 2 heteroatoms. The van der Waals surface area contributed by atoms with Crippen molar-refractivity contribution in [2.45, 2.75) is 38.5 Å². The summed E-state index contributed by atoms with van der Waals surface area (Å²) in [5, 5.41) is 5.00. The van der Waals surface area contributed by atoms with Crippen molar-refractivity contribution in [3.8, 4) is 27.9 Å². The standard InChI is InChI=1S/C60H46N2/c1-59(2)52-22-14-13-21-49(52)57-58(59)50-34-27-43(37-53(50)60(57,3)4)41-25-31-46(32-26-41)61(45-29-23-40(24-30-45)39-15-7-5-8-16-39)47-33-36-54-51(38-47)56-48-20-12-11-17-42(48)28-35-55(56)62(54)44-18-9-6-10-19-44/h5-38H,1-4H3. The lowest BCUT2D eigenvalue weighted by molar-refractivity contribution is 0.694. The molecule has 2 aliphatic carbocycles. The summed E-state index contributed by atoms with van der Waals surface area (Å²) in [6, 6.07) is 76.1. The Kier molecular flexibility index (Phi) is 7.96. The monoisotopic (exact) mass is 794 g/mol. The van der Waals surface area contributed by atoms with Gasteiger partial charge in [-0.2, -0.15) is 0 Å². The van der Waals surface area contributed by atoms with Crippen LogP contribution in [0, 0.1) is 0 Å². The van der Waals surface area contributed by atoms with Gasteiger partial charge in [0.25, 0.3) is 0 Å². The van der Waals surface area contributed by atoms with Gasteiger partial charge in [0.2, 0.25) is 0 Å². The minimum absolute atomic E-state index is 0.0348. The Bertz CT molecular complexity index is 3420. The smallest absolute Gasteiger partial charge is 0.0547 e. The topological polar surface area (TPSA) is 8.17 Å². The zero-order valence-electron chi connectivity index (χ0n) is 35.5. The van der Waals surface area contributed by atoms with Crippen molar-refractivity contribution in [1.82, 2.24) is 4.57 Å². The Morgan fingerprint density at radius 2 is 0.903 bits per heavy atom. The third-order valence-electron chi connectivity index (χ3n) is 13.9. The predicted molar refractivity (Wildman–Crippen MR) is 263 cm³/mol. The van der Waals surface area contributed by atoms with Crippen molar-refractivity contribution in [2.24, 2.45) is 0 Å². The van der Waals surface area contributed by atoms with Gasteiger partial charge in [-0.3, -0.25) is 0 Å². The molecule has 0 atom stereocenters. The second-order valence-corrected chi connectivity index (χ2v) is 18.2. The lowest BCUT2D eigenvalue weighted by atomic mass is 9.75. The molecule has 10 aromatic rings. The summed E-state index contributed by atoms with van der Waals surface area (Å²) >= 11 is 0. The SMILES string of the molecule is CC1(C)C2=C(c3ccccc31)C(C)(C)c1cc(-c3ccc(N(c4ccc(-c5ccccc5)cc4)c4ccc5c(c4)c4c6ccccc6ccc4n5-c4ccccc4)cc3)ccc12. The number of allylic oxidation sites excluding steroid dienone is 2. The second kappa shape index (κ2) is 13.5. The van der Waals surface area contributed by atoms with E-state index in [1.165, 1.54) is 88.2 Å². The zero-order chi connectivity index (χ0) is 41.7. The number of aromatic nitrogens is 1. The van der Waals surface area contributed by atoms with Crippen LogP contribution >= 0.6 is 0 Å². The fourth-order valence-corrected chi connectivity index (χ4v) is 11.0. The fraction of sp³-hybridized carbons (Fsp3) is 0.100. The van der Waals surface area contributed by atoms with Crippen LogP contribution < -0.4 is 4.90 Å². The summed E-state index contributed by atoms with van der Waals surface area (Å²) in [6.07, 6.45) is 0. The molecule has 12 rings (SSSR count). The van der Waals surface area contributed by atoms with Gasteiger partial charge in [0, 0.05) is 44.4 Å². The van der Waals surface area contributed by atoms with Crippen molar-refractivity contribution in [1.29, 1.82) is 0 Å². The Morgan fingerprint density at radius 1 is 0.371 bits per heavy atom. The van der Waals surface area contributed by atoms with Gasteiger partial charge in [-0.15, -0.1) is 0 Å². The minimum Gasteiger partial charge on any atom is -0.310 e. The van der Waals surface area contributed by atoms with E-state index in [9.17, 15) is 0 Å². The number of hydrogen-bond acceptors (Lipinski definition) is 1. The van der Waals surface area contributed by atoms with E-state index in [2.05, 4.69) is 243 Å². The average molecular weight is 795 g/mol. The minimum atomic E-state index is -0.0964. The first kappa shape index (κ1) is 36.4. The highest BCUT2D eigenvalue weighted by molar-refractivity contribution is 6.22. The van der Waals surface area contributed by atoms with Gasteiger partial charge in [-0.1, -0.05) is 167 Å². The normalized spacial score (nSPS) is 14.6. The lowest BCUT2D eigenvalue weighted by Gasteiger charge is -2.28. The van der Waals surface area contributed by atoms with E-state index in [4.69, 9.17) is 0 Å². The first-order valence-corrected chi connectivity index (χ1v) is 21.8. The zero-order valence-corrected chi connectivity index (χ0v) is 35.5. The van der Waals surface area contributed by atoms with Crippen LogP contribution in [0.25, 0.3) is 71.7 Å². The summed E-state index contributed by atoms with van der Waals surface area (Å²) in [7, 11) is 0. The molecule has 0 N–H and O–H groups in total. The van der Waals surface area contributed by atoms with Crippen LogP contribution in [0.5, 0.6) is 0 Å². The highest BCUT2D eigenvalue weighted by atomic mass is 15.1. The molecule has 2 nitrogen and oxygen atoms in total. The highest BCUT2D eigenvalue weighted by Crippen LogP contribution is 2.62. The van der Waals surface area contributed by atoms with Gasteiger partial charge in [0.1, 0.15) is 0 Å². The van der Waals surface area contributed by atoms with Crippen LogP contribution in [0.2, 0.25) is 0 Å². The van der Waals surface area contributed by atoms with E-state index in [0.29, 0.717) is 0 Å². The number of nitrogens with zero attached hydrogens (tertiary/aromatic N) is 2. The molecule has 296 valence electrons. The van der Waals surface area contributed by atoms with Gasteiger partial charge in [-0.25, -0.2) is 0 Å². The molecule has 0 unspecified atom stereocenters. The fourth-order valence-electron chi connectivity index (χ4n) is 11.0. The molecule has 0 saturated carbocycles. The van der Waals surface area contributed by atoms with Gasteiger partial charge < -0.3 is 9.47 Å². The molecule has 9 aromatic carbocycles. The molecular weight excluding hydrogens is 749 g/mol. The molecule has 1 heterocycles. The van der Waals surface area contributed by atoms with E-state index in [0.717, 1.165) is 22.7 Å². The summed E-state index contributed by atoms with van der Waals surface area (Å²) in [5.74, 6) is 0. The predicted octanol–water partition coefficient (Wildman–Crippen LogP) is 16.2. The average Bonchev–Trinajstić information content (AvgIpc) is 3.88. The van der Waals surface area contributed by atoms with Gasteiger partial charge >= 0.3 is 0 Å². The molecule has 0 saturated heterocycles. The van der Waals surface area contributed by atoms with E-state index < -0.39 is 0 Å². The van der Waals surface area contributed by atoms with E-state index in [1.54, 1.807) is 0 Å². The summed E-state index contributed by atoms with van der Waals surface area (Å²) in [5.41, 5.74) is 20.3. The summed E-state index contributed by atoms with van der Waals surface area (Å²) in [4.78, 5) is 2.41. The van der Waals surface area contributed by atoms with Crippen molar-refractivity contribution in [3.63, 3.8) is 0 Å². The van der Waals surface area contributed by atoms with Crippen LogP contribution in [0.3, 0.4) is 0 Å². The van der Waals surface area contributed by atoms with Crippen molar-refractivity contribution in [3.05, 3.63) is 229 Å². The van der Waals surface area contributed by atoms with Crippen molar-refractivity contribution < 1.29 is 0 Å². The lowest BCUT2D eigenvalue weighted by Crippen LogP contribution is -2.19. The largest absolute Gasteiger partial charge is 0.310 e. The molecule has 0 spiro atoms. The molecule has 0 radical (unpaired) electrons. The molecule has 62 heavy (non-hydrogen) atoms. The maximum absolute atomic E-state index is 2.46. The summed E-state index contributed by atoms with van der Waals surface area (Å²) < 4.78 is 2.41. The van der Waals surface area contributed by atoms with Gasteiger partial charge in [0.05, 0.1) is 11.0 Å².